The third-order valence-electron chi connectivity index (χ3n) is 3.25. The highest BCUT2D eigenvalue weighted by Crippen LogP contribution is 2.15. The molecule has 0 fully saturated rings. The first-order valence-electron chi connectivity index (χ1n) is 7.50. The lowest BCUT2D eigenvalue weighted by molar-refractivity contribution is 0.0940. The number of hydrogen-bond donors (Lipinski definition) is 1. The van der Waals surface area contributed by atoms with Crippen molar-refractivity contribution in [3.05, 3.63) is 59.9 Å². The predicted molar refractivity (Wildman–Crippen MR) is 86.9 cm³/mol. The van der Waals surface area contributed by atoms with Gasteiger partial charge < -0.3 is 10.1 Å². The fourth-order valence-corrected chi connectivity index (χ4v) is 1.98. The first-order valence-corrected chi connectivity index (χ1v) is 7.50. The van der Waals surface area contributed by atoms with Gasteiger partial charge in [0, 0.05) is 18.0 Å². The second-order valence-corrected chi connectivity index (χ2v) is 5.70. The molecule has 1 aromatic heterocycles. The quantitative estimate of drug-likeness (QED) is 0.886. The molecule has 1 amide bonds. The number of aromatic nitrogens is 1. The van der Waals surface area contributed by atoms with Gasteiger partial charge in [0.2, 0.25) is 0 Å². The third-order valence-corrected chi connectivity index (χ3v) is 3.25. The molecule has 116 valence electrons. The summed E-state index contributed by atoms with van der Waals surface area (Å²) in [5.74, 6) is 1.16. The van der Waals surface area contributed by atoms with Gasteiger partial charge in [-0.15, -0.1) is 0 Å². The molecule has 2 rings (SSSR count). The average Bonchev–Trinajstić information content (AvgIpc) is 2.54. The molecule has 0 saturated heterocycles. The molecule has 0 bridgehead atoms. The Morgan fingerprint density at radius 1 is 1.09 bits per heavy atom. The Bertz CT molecular complexity index is 594. The normalized spacial score (nSPS) is 12.0. The van der Waals surface area contributed by atoms with Crippen LogP contribution in [0.4, 0.5) is 0 Å². The summed E-state index contributed by atoms with van der Waals surface area (Å²) in [7, 11) is 0. The zero-order valence-corrected chi connectivity index (χ0v) is 13.2. The molecule has 1 heterocycles. The number of nitrogens with zero attached hydrogens (tertiary/aromatic N) is 1. The van der Waals surface area contributed by atoms with Crippen molar-refractivity contribution < 1.29 is 9.53 Å². The molecule has 0 aliphatic carbocycles. The molecule has 2 aromatic rings. The van der Waals surface area contributed by atoms with E-state index in [1.807, 2.05) is 31.2 Å². The summed E-state index contributed by atoms with van der Waals surface area (Å²) in [6.45, 7) is 6.82. The van der Waals surface area contributed by atoms with Gasteiger partial charge in [-0.2, -0.15) is 0 Å². The number of rotatable bonds is 6. The number of amides is 1. The lowest BCUT2D eigenvalue weighted by atomic mass is 10.1. The summed E-state index contributed by atoms with van der Waals surface area (Å²) >= 11 is 0. The molecule has 0 spiro atoms. The number of hydrogen-bond acceptors (Lipinski definition) is 3. The Labute approximate surface area is 131 Å². The molecule has 1 unspecified atom stereocenters. The molecule has 4 heteroatoms. The van der Waals surface area contributed by atoms with Crippen molar-refractivity contribution in [2.45, 2.75) is 26.8 Å². The molecule has 0 saturated carbocycles. The van der Waals surface area contributed by atoms with Gasteiger partial charge in [-0.3, -0.25) is 9.78 Å². The third kappa shape index (κ3) is 4.58. The minimum absolute atomic E-state index is 0.0626. The van der Waals surface area contributed by atoms with Gasteiger partial charge in [0.25, 0.3) is 5.91 Å². The van der Waals surface area contributed by atoms with E-state index in [9.17, 15) is 4.79 Å². The Morgan fingerprint density at radius 3 is 2.32 bits per heavy atom. The Kier molecular flexibility index (Phi) is 5.53. The minimum Gasteiger partial charge on any atom is -0.493 e. The van der Waals surface area contributed by atoms with Gasteiger partial charge in [0.15, 0.2) is 0 Å². The number of nitrogens with one attached hydrogen (secondary N) is 1. The van der Waals surface area contributed by atoms with Gasteiger partial charge in [-0.1, -0.05) is 13.8 Å². The molecule has 22 heavy (non-hydrogen) atoms. The number of benzene rings is 1. The SMILES string of the molecule is CC(C)COc1ccc(C(=O)NC(C)c2ccncc2)cc1. The van der Waals surface area contributed by atoms with E-state index in [-0.39, 0.29) is 11.9 Å². The summed E-state index contributed by atoms with van der Waals surface area (Å²) in [6.07, 6.45) is 3.44. The maximum absolute atomic E-state index is 12.2. The summed E-state index contributed by atoms with van der Waals surface area (Å²) in [5.41, 5.74) is 1.65. The largest absolute Gasteiger partial charge is 0.493 e. The maximum atomic E-state index is 12.2. The molecule has 4 nitrogen and oxygen atoms in total. The van der Waals surface area contributed by atoms with E-state index in [0.29, 0.717) is 18.1 Å². The fourth-order valence-electron chi connectivity index (χ4n) is 1.98. The molecule has 1 aromatic carbocycles. The van der Waals surface area contributed by atoms with E-state index in [4.69, 9.17) is 4.74 Å². The molecule has 1 atom stereocenters. The first-order chi connectivity index (χ1) is 10.6. The summed E-state index contributed by atoms with van der Waals surface area (Å²) in [6, 6.07) is 11.0. The van der Waals surface area contributed by atoms with E-state index in [1.54, 1.807) is 24.5 Å². The van der Waals surface area contributed by atoms with Crippen LogP contribution in [0.1, 0.15) is 42.7 Å². The zero-order chi connectivity index (χ0) is 15.9. The molecule has 0 aliphatic rings. The maximum Gasteiger partial charge on any atom is 0.251 e. The van der Waals surface area contributed by atoms with E-state index in [0.717, 1.165) is 11.3 Å². The zero-order valence-electron chi connectivity index (χ0n) is 13.2. The Balaban J connectivity index is 1.95. The van der Waals surface area contributed by atoms with Crippen LogP contribution in [0.15, 0.2) is 48.8 Å². The lowest BCUT2D eigenvalue weighted by Gasteiger charge is -2.14. The number of carbonyl (C=O) groups excluding carboxylic acids is 1. The van der Waals surface area contributed by atoms with Gasteiger partial charge in [0.05, 0.1) is 12.6 Å². The van der Waals surface area contributed by atoms with Crippen molar-refractivity contribution in [1.29, 1.82) is 0 Å². The lowest BCUT2D eigenvalue weighted by Crippen LogP contribution is -2.26. The van der Waals surface area contributed by atoms with Crippen LogP contribution in [0, 0.1) is 5.92 Å². The highest BCUT2D eigenvalue weighted by atomic mass is 16.5. The van der Waals surface area contributed by atoms with Gasteiger partial charge >= 0.3 is 0 Å². The van der Waals surface area contributed by atoms with Crippen LogP contribution in [0.5, 0.6) is 5.75 Å². The van der Waals surface area contributed by atoms with E-state index in [2.05, 4.69) is 24.1 Å². The second-order valence-electron chi connectivity index (χ2n) is 5.70. The van der Waals surface area contributed by atoms with Crippen LogP contribution in [0.25, 0.3) is 0 Å². The van der Waals surface area contributed by atoms with Crippen molar-refractivity contribution in [2.75, 3.05) is 6.61 Å². The molecular weight excluding hydrogens is 276 g/mol. The van der Waals surface area contributed by atoms with Crippen LogP contribution in [0.3, 0.4) is 0 Å². The van der Waals surface area contributed by atoms with Crippen molar-refractivity contribution in [3.8, 4) is 5.75 Å². The van der Waals surface area contributed by atoms with Crippen molar-refractivity contribution >= 4 is 5.91 Å². The molecular formula is C18H22N2O2. The average molecular weight is 298 g/mol. The van der Waals surface area contributed by atoms with Gasteiger partial charge in [-0.25, -0.2) is 0 Å². The van der Waals surface area contributed by atoms with Crippen LogP contribution < -0.4 is 10.1 Å². The summed E-state index contributed by atoms with van der Waals surface area (Å²) in [4.78, 5) is 16.2. The van der Waals surface area contributed by atoms with Gasteiger partial charge in [0.1, 0.15) is 5.75 Å². The van der Waals surface area contributed by atoms with Crippen molar-refractivity contribution in [3.63, 3.8) is 0 Å². The smallest absolute Gasteiger partial charge is 0.251 e. The first kappa shape index (κ1) is 16.0. The van der Waals surface area contributed by atoms with Crippen LogP contribution in [0.2, 0.25) is 0 Å². The second kappa shape index (κ2) is 7.59. The topological polar surface area (TPSA) is 51.2 Å². The molecule has 0 radical (unpaired) electrons. The van der Waals surface area contributed by atoms with E-state index >= 15 is 0 Å². The number of carbonyl (C=O) groups is 1. The van der Waals surface area contributed by atoms with Gasteiger partial charge in [-0.05, 0) is 54.8 Å². The highest BCUT2D eigenvalue weighted by molar-refractivity contribution is 5.94. The summed E-state index contributed by atoms with van der Waals surface area (Å²) < 4.78 is 5.61. The standard InChI is InChI=1S/C18H22N2O2/c1-13(2)12-22-17-6-4-16(5-7-17)18(21)20-14(3)15-8-10-19-11-9-15/h4-11,13-14H,12H2,1-3H3,(H,20,21). The van der Waals surface area contributed by atoms with Crippen LogP contribution in [-0.2, 0) is 0 Å². The van der Waals surface area contributed by atoms with Crippen molar-refractivity contribution in [1.82, 2.24) is 10.3 Å². The molecule has 0 aliphatic heterocycles. The Morgan fingerprint density at radius 2 is 1.73 bits per heavy atom. The molecule has 1 N–H and O–H groups in total. The number of pyridine rings is 1. The van der Waals surface area contributed by atoms with Crippen molar-refractivity contribution in [2.24, 2.45) is 5.92 Å². The minimum atomic E-state index is -0.0975. The van der Waals surface area contributed by atoms with Crippen LogP contribution in [-0.4, -0.2) is 17.5 Å². The summed E-state index contributed by atoms with van der Waals surface area (Å²) in [5, 5.41) is 2.97. The highest BCUT2D eigenvalue weighted by Gasteiger charge is 2.11. The van der Waals surface area contributed by atoms with E-state index in [1.165, 1.54) is 0 Å². The Hall–Kier alpha value is -2.36. The number of ether oxygens (including phenoxy) is 1. The fraction of sp³-hybridized carbons (Fsp3) is 0.333. The monoisotopic (exact) mass is 298 g/mol. The predicted octanol–water partition coefficient (Wildman–Crippen LogP) is 3.61. The van der Waals surface area contributed by atoms with Crippen LogP contribution >= 0.6 is 0 Å². The van der Waals surface area contributed by atoms with E-state index < -0.39 is 0 Å².